The lowest BCUT2D eigenvalue weighted by Crippen LogP contribution is -2.11. The van der Waals surface area contributed by atoms with Crippen LogP contribution in [0.15, 0.2) is 6.20 Å². The number of rotatable bonds is 1. The molecule has 0 spiro atoms. The highest BCUT2D eigenvalue weighted by Gasteiger charge is 2.35. The van der Waals surface area contributed by atoms with E-state index in [4.69, 9.17) is 11.6 Å². The molecule has 0 aliphatic heterocycles. The summed E-state index contributed by atoms with van der Waals surface area (Å²) in [6.45, 7) is 2.13. The van der Waals surface area contributed by atoms with Crippen LogP contribution in [0.1, 0.15) is 12.7 Å². The van der Waals surface area contributed by atoms with E-state index in [0.717, 1.165) is 6.20 Å². The van der Waals surface area contributed by atoms with Crippen LogP contribution in [-0.2, 0) is 12.7 Å². The van der Waals surface area contributed by atoms with Crippen molar-refractivity contribution in [3.05, 3.63) is 17.3 Å². The van der Waals surface area contributed by atoms with Crippen LogP contribution in [0.3, 0.4) is 0 Å². The summed E-state index contributed by atoms with van der Waals surface area (Å²) in [4.78, 5) is 10.5. The second-order valence-corrected chi connectivity index (χ2v) is 3.36. The predicted octanol–water partition coefficient (Wildman–Crippen LogP) is 2.52. The van der Waals surface area contributed by atoms with Crippen molar-refractivity contribution in [3.8, 4) is 0 Å². The van der Waals surface area contributed by atoms with Gasteiger partial charge in [0.05, 0.1) is 6.20 Å². The van der Waals surface area contributed by atoms with Crippen molar-refractivity contribution in [2.45, 2.75) is 19.6 Å². The second kappa shape index (κ2) is 3.58. The SMILES string of the molecule is CCn1c(Cl)nc2cnc(C(F)(F)F)nc21. The Balaban J connectivity index is 2.69. The van der Waals surface area contributed by atoms with Crippen molar-refractivity contribution < 1.29 is 13.2 Å². The fraction of sp³-hybridized carbons (Fsp3) is 0.375. The summed E-state index contributed by atoms with van der Waals surface area (Å²) in [5.41, 5.74) is 0.342. The first-order valence-corrected chi connectivity index (χ1v) is 4.77. The van der Waals surface area contributed by atoms with E-state index in [1.165, 1.54) is 4.57 Å². The Hall–Kier alpha value is -1.37. The average molecular weight is 251 g/mol. The Morgan fingerprint density at radius 3 is 2.62 bits per heavy atom. The molecule has 0 saturated carbocycles. The van der Waals surface area contributed by atoms with Gasteiger partial charge in [-0.05, 0) is 18.5 Å². The van der Waals surface area contributed by atoms with Gasteiger partial charge in [0.1, 0.15) is 5.52 Å². The lowest BCUT2D eigenvalue weighted by atomic mass is 10.5. The number of imidazole rings is 1. The van der Waals surface area contributed by atoms with Gasteiger partial charge < -0.3 is 0 Å². The molecule has 16 heavy (non-hydrogen) atoms. The zero-order valence-corrected chi connectivity index (χ0v) is 8.84. The van der Waals surface area contributed by atoms with Gasteiger partial charge in [-0.2, -0.15) is 13.2 Å². The van der Waals surface area contributed by atoms with E-state index in [1.54, 1.807) is 6.92 Å². The maximum atomic E-state index is 12.4. The molecule has 0 aliphatic rings. The summed E-state index contributed by atoms with van der Waals surface area (Å²) in [5, 5.41) is 0.103. The van der Waals surface area contributed by atoms with Crippen LogP contribution in [0.5, 0.6) is 0 Å². The van der Waals surface area contributed by atoms with E-state index in [1.807, 2.05) is 0 Å². The molecule has 0 aliphatic carbocycles. The van der Waals surface area contributed by atoms with E-state index in [-0.39, 0.29) is 16.4 Å². The van der Waals surface area contributed by atoms with Gasteiger partial charge in [-0.15, -0.1) is 0 Å². The molecule has 0 atom stereocenters. The summed E-state index contributed by atoms with van der Waals surface area (Å²) in [7, 11) is 0. The number of hydrogen-bond donors (Lipinski definition) is 0. The van der Waals surface area contributed by atoms with Crippen LogP contribution in [0.4, 0.5) is 13.2 Å². The van der Waals surface area contributed by atoms with Gasteiger partial charge in [-0.1, -0.05) is 0 Å². The molecule has 86 valence electrons. The zero-order valence-electron chi connectivity index (χ0n) is 8.09. The van der Waals surface area contributed by atoms with E-state index in [2.05, 4.69) is 15.0 Å². The third-order valence-corrected chi connectivity index (χ3v) is 2.30. The number of halogens is 4. The molecule has 4 nitrogen and oxygen atoms in total. The standard InChI is InChI=1S/C8H6ClF3N4/c1-2-16-5-4(14-7(16)9)3-13-6(15-5)8(10,11)12/h3H,2H2,1H3. The van der Waals surface area contributed by atoms with Crippen LogP contribution in [0, 0.1) is 0 Å². The summed E-state index contributed by atoms with van der Waals surface area (Å²) >= 11 is 5.74. The monoisotopic (exact) mass is 250 g/mol. The molecule has 0 bridgehead atoms. The average Bonchev–Trinajstić information content (AvgIpc) is 2.50. The number of fused-ring (bicyclic) bond motifs is 1. The molecule has 2 aromatic rings. The third kappa shape index (κ3) is 1.71. The highest BCUT2D eigenvalue weighted by atomic mass is 35.5. The van der Waals surface area contributed by atoms with E-state index in [9.17, 15) is 13.2 Å². The topological polar surface area (TPSA) is 43.6 Å². The lowest BCUT2D eigenvalue weighted by Gasteiger charge is -2.04. The fourth-order valence-electron chi connectivity index (χ4n) is 1.31. The van der Waals surface area contributed by atoms with Crippen LogP contribution in [-0.4, -0.2) is 19.5 Å². The van der Waals surface area contributed by atoms with Crippen LogP contribution >= 0.6 is 11.6 Å². The van der Waals surface area contributed by atoms with Gasteiger partial charge in [0.2, 0.25) is 11.1 Å². The first kappa shape index (κ1) is 11.1. The number of aryl methyl sites for hydroxylation is 1. The van der Waals surface area contributed by atoms with Gasteiger partial charge in [0.15, 0.2) is 5.65 Å². The van der Waals surface area contributed by atoms with E-state index >= 15 is 0 Å². The summed E-state index contributed by atoms with van der Waals surface area (Å²) < 4.78 is 38.5. The molecule has 0 saturated heterocycles. The maximum absolute atomic E-state index is 12.4. The first-order valence-electron chi connectivity index (χ1n) is 4.39. The molecule has 2 aromatic heterocycles. The Morgan fingerprint density at radius 1 is 1.38 bits per heavy atom. The highest BCUT2D eigenvalue weighted by molar-refractivity contribution is 6.29. The molecule has 8 heteroatoms. The van der Waals surface area contributed by atoms with Crippen molar-refractivity contribution in [3.63, 3.8) is 0 Å². The molecule has 0 radical (unpaired) electrons. The van der Waals surface area contributed by atoms with E-state index in [0.29, 0.717) is 6.54 Å². The summed E-state index contributed by atoms with van der Waals surface area (Å²) in [5.74, 6) is -1.19. The van der Waals surface area contributed by atoms with Crippen molar-refractivity contribution >= 4 is 22.8 Å². The molecule has 0 N–H and O–H groups in total. The highest BCUT2D eigenvalue weighted by Crippen LogP contribution is 2.27. The first-order chi connectivity index (χ1) is 7.43. The Kier molecular flexibility index (Phi) is 2.49. The molecule has 2 rings (SSSR count). The second-order valence-electron chi connectivity index (χ2n) is 3.03. The number of aromatic nitrogens is 4. The largest absolute Gasteiger partial charge is 0.451 e. The Labute approximate surface area is 93.1 Å². The quantitative estimate of drug-likeness (QED) is 0.731. The predicted molar refractivity (Wildman–Crippen MR) is 51.0 cm³/mol. The van der Waals surface area contributed by atoms with Gasteiger partial charge in [-0.3, -0.25) is 4.57 Å². The van der Waals surface area contributed by atoms with Crippen LogP contribution in [0.25, 0.3) is 11.2 Å². The van der Waals surface area contributed by atoms with Crippen LogP contribution < -0.4 is 0 Å². The fourth-order valence-corrected chi connectivity index (χ4v) is 1.60. The van der Waals surface area contributed by atoms with Gasteiger partial charge in [-0.25, -0.2) is 15.0 Å². The molecular formula is C8H6ClF3N4. The number of nitrogens with zero attached hydrogens (tertiary/aromatic N) is 4. The van der Waals surface area contributed by atoms with Crippen molar-refractivity contribution in [1.82, 2.24) is 19.5 Å². The van der Waals surface area contributed by atoms with Crippen molar-refractivity contribution in [1.29, 1.82) is 0 Å². The zero-order chi connectivity index (χ0) is 11.9. The minimum atomic E-state index is -4.57. The summed E-state index contributed by atoms with van der Waals surface area (Å²) in [6.07, 6.45) is -3.55. The van der Waals surface area contributed by atoms with Crippen molar-refractivity contribution in [2.75, 3.05) is 0 Å². The van der Waals surface area contributed by atoms with Gasteiger partial charge in [0, 0.05) is 6.54 Å². The smallest absolute Gasteiger partial charge is 0.300 e. The lowest BCUT2D eigenvalue weighted by molar-refractivity contribution is -0.144. The molecule has 0 aromatic carbocycles. The molecule has 0 unspecified atom stereocenters. The number of alkyl halides is 3. The van der Waals surface area contributed by atoms with Crippen LogP contribution in [0.2, 0.25) is 5.28 Å². The minimum absolute atomic E-state index is 0.0924. The maximum Gasteiger partial charge on any atom is 0.451 e. The summed E-state index contributed by atoms with van der Waals surface area (Å²) in [6, 6.07) is 0. The normalized spacial score (nSPS) is 12.3. The molecule has 0 amide bonds. The molecule has 2 heterocycles. The van der Waals surface area contributed by atoms with Crippen molar-refractivity contribution in [2.24, 2.45) is 0 Å². The molecular weight excluding hydrogens is 245 g/mol. The minimum Gasteiger partial charge on any atom is -0.300 e. The number of hydrogen-bond acceptors (Lipinski definition) is 3. The Bertz CT molecular complexity index is 534. The third-order valence-electron chi connectivity index (χ3n) is 2.01. The van der Waals surface area contributed by atoms with Gasteiger partial charge >= 0.3 is 6.18 Å². The Morgan fingerprint density at radius 2 is 2.06 bits per heavy atom. The van der Waals surface area contributed by atoms with Gasteiger partial charge in [0.25, 0.3) is 0 Å². The molecule has 0 fully saturated rings. The van der Waals surface area contributed by atoms with E-state index < -0.39 is 12.0 Å².